The molecule has 14 heavy (non-hydrogen) atoms. The van der Waals surface area contributed by atoms with Crippen molar-refractivity contribution in [2.75, 3.05) is 11.1 Å². The third-order valence-corrected chi connectivity index (χ3v) is 1.94. The van der Waals surface area contributed by atoms with Crippen LogP contribution in [0.5, 0.6) is 0 Å². The highest BCUT2D eigenvalue weighted by atomic mass is 32.1. The van der Waals surface area contributed by atoms with E-state index in [0.29, 0.717) is 0 Å². The third-order valence-electron chi connectivity index (χ3n) is 1.66. The summed E-state index contributed by atoms with van der Waals surface area (Å²) in [7, 11) is 0. The van der Waals surface area contributed by atoms with E-state index in [2.05, 4.69) is 32.6 Å². The number of anilines is 2. The van der Waals surface area contributed by atoms with Crippen LogP contribution >= 0.6 is 12.6 Å². The number of hydrogen-bond donors (Lipinski definition) is 3. The van der Waals surface area contributed by atoms with Gasteiger partial charge in [0.1, 0.15) is 6.04 Å². The summed E-state index contributed by atoms with van der Waals surface area (Å²) in [6, 6.07) is -0.489. The summed E-state index contributed by atoms with van der Waals surface area (Å²) in [5.74, 6) is 0.281. The van der Waals surface area contributed by atoms with E-state index in [1.807, 2.05) is 13.8 Å². The molecule has 1 rings (SSSR count). The van der Waals surface area contributed by atoms with Crippen LogP contribution in [0.2, 0.25) is 0 Å². The highest BCUT2D eigenvalue weighted by Crippen LogP contribution is 2.12. The Morgan fingerprint density at radius 3 is 2.64 bits per heavy atom. The molecule has 0 aliphatic heterocycles. The first-order valence-electron chi connectivity index (χ1n) is 4.09. The number of nitrogen functional groups attached to an aromatic ring is 1. The van der Waals surface area contributed by atoms with E-state index in [4.69, 9.17) is 5.73 Å². The monoisotopic (exact) mass is 216 g/mol. The summed E-state index contributed by atoms with van der Waals surface area (Å²) in [5, 5.41) is 6.01. The van der Waals surface area contributed by atoms with Gasteiger partial charge < -0.3 is 15.6 Å². The Morgan fingerprint density at radius 2 is 2.29 bits per heavy atom. The maximum Gasteiger partial charge on any atom is 0.320 e. The van der Waals surface area contributed by atoms with Crippen molar-refractivity contribution in [3.63, 3.8) is 0 Å². The zero-order valence-electron chi connectivity index (χ0n) is 7.89. The number of nitrogens with zero attached hydrogens (tertiary/aromatic N) is 2. The molecule has 0 aromatic carbocycles. The van der Waals surface area contributed by atoms with Crippen molar-refractivity contribution < 1.29 is 9.32 Å². The molecular formula is C7H12N4O2S. The van der Waals surface area contributed by atoms with Crippen LogP contribution in [0.25, 0.3) is 0 Å². The Morgan fingerprint density at radius 1 is 1.64 bits per heavy atom. The lowest BCUT2D eigenvalue weighted by Crippen LogP contribution is -2.32. The van der Waals surface area contributed by atoms with Crippen LogP contribution in [-0.4, -0.2) is 21.3 Å². The lowest BCUT2D eigenvalue weighted by Gasteiger charge is -2.16. The van der Waals surface area contributed by atoms with Gasteiger partial charge in [-0.25, -0.2) is 0 Å². The topological polar surface area (TPSA) is 94.0 Å². The fourth-order valence-electron chi connectivity index (χ4n) is 0.946. The van der Waals surface area contributed by atoms with Gasteiger partial charge in [0.15, 0.2) is 0 Å². The van der Waals surface area contributed by atoms with E-state index in [0.717, 1.165) is 0 Å². The molecule has 0 fully saturated rings. The number of rotatable bonds is 4. The first kappa shape index (κ1) is 10.8. The number of hydrogen-bond acceptors (Lipinski definition) is 6. The molecular weight excluding hydrogens is 204 g/mol. The van der Waals surface area contributed by atoms with Crippen molar-refractivity contribution in [3.8, 4) is 0 Å². The molecule has 0 aliphatic carbocycles. The number of carbonyl (C=O) groups excluding carboxylic acids is 1. The predicted octanol–water partition coefficient (Wildman–Crippen LogP) is 0.545. The highest BCUT2D eigenvalue weighted by Gasteiger charge is 2.20. The van der Waals surface area contributed by atoms with E-state index < -0.39 is 6.04 Å². The van der Waals surface area contributed by atoms with Gasteiger partial charge in [-0.1, -0.05) is 13.8 Å². The SMILES string of the molecule is CC(C)[C@H](Nc1noc(N)n1)C(=O)S. The molecule has 0 amide bonds. The molecule has 0 saturated heterocycles. The van der Waals surface area contributed by atoms with Crippen LogP contribution in [0.3, 0.4) is 0 Å². The Labute approximate surface area is 86.6 Å². The zero-order valence-corrected chi connectivity index (χ0v) is 8.78. The molecule has 78 valence electrons. The van der Waals surface area contributed by atoms with Gasteiger partial charge in [0.05, 0.1) is 0 Å². The predicted molar refractivity (Wildman–Crippen MR) is 55.0 cm³/mol. The second kappa shape index (κ2) is 4.32. The maximum atomic E-state index is 11.1. The standard InChI is InChI=1S/C7H12N4O2S/c1-3(2)4(5(12)14)9-7-10-6(8)13-11-7/h3-4H,1-2H3,(H,12,14)(H3,8,9,10,11)/t4-/m0/s1. The Hall–Kier alpha value is -1.24. The molecule has 0 aliphatic rings. The number of nitrogens with one attached hydrogen (secondary N) is 1. The molecule has 7 heteroatoms. The lowest BCUT2D eigenvalue weighted by molar-refractivity contribution is -0.112. The second-order valence-corrected chi connectivity index (χ2v) is 3.60. The molecule has 1 atom stereocenters. The van der Waals surface area contributed by atoms with Crippen molar-refractivity contribution >= 4 is 29.7 Å². The summed E-state index contributed by atoms with van der Waals surface area (Å²) >= 11 is 3.75. The number of aromatic nitrogens is 2. The largest absolute Gasteiger partial charge is 0.351 e. The van der Waals surface area contributed by atoms with Gasteiger partial charge in [-0.2, -0.15) is 4.98 Å². The molecule has 0 bridgehead atoms. The molecule has 6 nitrogen and oxygen atoms in total. The van der Waals surface area contributed by atoms with Crippen LogP contribution in [0.4, 0.5) is 12.0 Å². The van der Waals surface area contributed by atoms with Gasteiger partial charge in [-0.05, 0) is 11.1 Å². The summed E-state index contributed by atoms with van der Waals surface area (Å²) in [5.41, 5.74) is 5.22. The van der Waals surface area contributed by atoms with Crippen molar-refractivity contribution in [1.82, 2.24) is 10.1 Å². The molecule has 0 unspecified atom stereocenters. The highest BCUT2D eigenvalue weighted by molar-refractivity contribution is 7.96. The van der Waals surface area contributed by atoms with Gasteiger partial charge in [-0.3, -0.25) is 4.79 Å². The minimum atomic E-state index is -0.449. The van der Waals surface area contributed by atoms with E-state index in [9.17, 15) is 4.79 Å². The number of nitrogens with two attached hydrogens (primary N) is 1. The fraction of sp³-hybridized carbons (Fsp3) is 0.571. The van der Waals surface area contributed by atoms with Crippen molar-refractivity contribution in [1.29, 1.82) is 0 Å². The van der Waals surface area contributed by atoms with Gasteiger partial charge in [0, 0.05) is 0 Å². The van der Waals surface area contributed by atoms with Gasteiger partial charge >= 0.3 is 6.01 Å². The van der Waals surface area contributed by atoms with E-state index in [1.165, 1.54) is 0 Å². The van der Waals surface area contributed by atoms with E-state index in [1.54, 1.807) is 0 Å². The van der Waals surface area contributed by atoms with Gasteiger partial charge in [-0.15, -0.1) is 12.6 Å². The normalized spacial score (nSPS) is 12.9. The lowest BCUT2D eigenvalue weighted by atomic mass is 10.1. The number of carbonyl (C=O) groups is 1. The summed E-state index contributed by atoms with van der Waals surface area (Å²) in [6.07, 6.45) is 0. The molecule has 1 heterocycles. The summed E-state index contributed by atoms with van der Waals surface area (Å²) in [6.45, 7) is 3.77. The minimum absolute atomic E-state index is 0.0402. The van der Waals surface area contributed by atoms with Gasteiger partial charge in [0.25, 0.3) is 5.95 Å². The molecule has 0 saturated carbocycles. The van der Waals surface area contributed by atoms with E-state index >= 15 is 0 Å². The summed E-state index contributed by atoms with van der Waals surface area (Å²) in [4.78, 5) is 14.8. The first-order chi connectivity index (χ1) is 6.50. The maximum absolute atomic E-state index is 11.1. The van der Waals surface area contributed by atoms with Crippen molar-refractivity contribution in [2.45, 2.75) is 19.9 Å². The fourth-order valence-corrected chi connectivity index (χ4v) is 1.31. The number of thiol groups is 1. The van der Waals surface area contributed by atoms with Gasteiger partial charge in [0.2, 0.25) is 5.12 Å². The average molecular weight is 216 g/mol. The Bertz CT molecular complexity index is 325. The molecule has 0 radical (unpaired) electrons. The van der Waals surface area contributed by atoms with Crippen LogP contribution in [0, 0.1) is 5.92 Å². The van der Waals surface area contributed by atoms with Crippen LogP contribution in [-0.2, 0) is 4.79 Å². The molecule has 1 aromatic rings. The Balaban J connectivity index is 2.69. The van der Waals surface area contributed by atoms with Crippen molar-refractivity contribution in [3.05, 3.63) is 0 Å². The Kier molecular flexibility index (Phi) is 3.34. The minimum Gasteiger partial charge on any atom is -0.351 e. The average Bonchev–Trinajstić information content (AvgIpc) is 2.46. The first-order valence-corrected chi connectivity index (χ1v) is 4.54. The second-order valence-electron chi connectivity index (χ2n) is 3.16. The molecule has 0 spiro atoms. The summed E-state index contributed by atoms with van der Waals surface area (Å²) < 4.78 is 4.54. The van der Waals surface area contributed by atoms with E-state index in [-0.39, 0.29) is 23.0 Å². The quantitative estimate of drug-likeness (QED) is 0.636. The zero-order chi connectivity index (χ0) is 10.7. The van der Waals surface area contributed by atoms with Crippen LogP contribution < -0.4 is 11.1 Å². The van der Waals surface area contributed by atoms with Crippen LogP contribution in [0.15, 0.2) is 4.52 Å². The van der Waals surface area contributed by atoms with Crippen LogP contribution in [0.1, 0.15) is 13.8 Å². The molecule has 1 aromatic heterocycles. The molecule has 3 N–H and O–H groups in total. The third kappa shape index (κ3) is 2.63. The van der Waals surface area contributed by atoms with Crippen molar-refractivity contribution in [2.24, 2.45) is 5.92 Å². The smallest absolute Gasteiger partial charge is 0.320 e.